The Balaban J connectivity index is 2.22. The lowest BCUT2D eigenvalue weighted by molar-refractivity contribution is -0.130. The maximum atomic E-state index is 12.0. The van der Waals surface area contributed by atoms with Gasteiger partial charge in [-0.1, -0.05) is 42.0 Å². The Hall–Kier alpha value is -2.33. The maximum absolute atomic E-state index is 12.0. The first-order valence-corrected chi connectivity index (χ1v) is 7.59. The molecule has 4 heteroatoms. The largest absolute Gasteiger partial charge is 0.489 e. The van der Waals surface area contributed by atoms with Gasteiger partial charge >= 0.3 is 0 Å². The predicted molar refractivity (Wildman–Crippen MR) is 90.5 cm³/mol. The molecule has 0 aliphatic heterocycles. The molecule has 0 saturated heterocycles. The highest BCUT2D eigenvalue weighted by molar-refractivity contribution is 5.82. The second-order valence-corrected chi connectivity index (χ2v) is 5.49. The Labute approximate surface area is 137 Å². The average Bonchev–Trinajstić information content (AvgIpc) is 2.55. The fourth-order valence-corrected chi connectivity index (χ4v) is 2.54. The van der Waals surface area contributed by atoms with Crippen LogP contribution in [0.3, 0.4) is 0 Å². The Morgan fingerprint density at radius 2 is 1.91 bits per heavy atom. The number of carbonyl (C=O) groups excluding carboxylic acids is 1. The van der Waals surface area contributed by atoms with Gasteiger partial charge in [-0.25, -0.2) is 0 Å². The van der Waals surface area contributed by atoms with Crippen molar-refractivity contribution in [1.82, 2.24) is 5.32 Å². The van der Waals surface area contributed by atoms with Gasteiger partial charge in [0.05, 0.1) is 0 Å². The minimum Gasteiger partial charge on any atom is -0.489 e. The Kier molecular flexibility index (Phi) is 5.77. The van der Waals surface area contributed by atoms with E-state index < -0.39 is 6.10 Å². The highest BCUT2D eigenvalue weighted by Crippen LogP contribution is 2.24. The topological polar surface area (TPSA) is 47.6 Å². The van der Waals surface area contributed by atoms with Gasteiger partial charge in [-0.15, -0.1) is 0 Å². The van der Waals surface area contributed by atoms with E-state index in [9.17, 15) is 4.79 Å². The molecule has 1 amide bonds. The van der Waals surface area contributed by atoms with Crippen molar-refractivity contribution in [2.24, 2.45) is 0 Å². The summed E-state index contributed by atoms with van der Waals surface area (Å²) in [7, 11) is 3.13. The summed E-state index contributed by atoms with van der Waals surface area (Å²) in [6.07, 6.45) is -0.640. The number of methoxy groups -OCH3 is 1. The minimum atomic E-state index is -0.640. The summed E-state index contributed by atoms with van der Waals surface area (Å²) in [6.45, 7) is 4.46. The molecule has 2 aromatic rings. The minimum absolute atomic E-state index is 0.175. The van der Waals surface area contributed by atoms with Crippen LogP contribution >= 0.6 is 0 Å². The van der Waals surface area contributed by atoms with E-state index in [1.807, 2.05) is 43.3 Å². The highest BCUT2D eigenvalue weighted by Gasteiger charge is 2.21. The third-order valence-corrected chi connectivity index (χ3v) is 3.77. The van der Waals surface area contributed by atoms with Crippen molar-refractivity contribution in [2.75, 3.05) is 14.2 Å². The fourth-order valence-electron chi connectivity index (χ4n) is 2.54. The number of amides is 1. The van der Waals surface area contributed by atoms with Crippen LogP contribution in [0.2, 0.25) is 0 Å². The molecule has 1 N–H and O–H groups in total. The molecule has 1 atom stereocenters. The number of aryl methyl sites for hydroxylation is 2. The molecule has 2 aromatic carbocycles. The molecule has 0 aromatic heterocycles. The van der Waals surface area contributed by atoms with E-state index >= 15 is 0 Å². The predicted octanol–water partition coefficient (Wildman–Crippen LogP) is 3.32. The van der Waals surface area contributed by atoms with Crippen molar-refractivity contribution in [2.45, 2.75) is 26.6 Å². The molecule has 1 unspecified atom stereocenters. The molecule has 4 nitrogen and oxygen atoms in total. The van der Waals surface area contributed by atoms with Crippen molar-refractivity contribution >= 4 is 5.91 Å². The summed E-state index contributed by atoms with van der Waals surface area (Å²) in [5.41, 5.74) is 4.05. The first-order valence-electron chi connectivity index (χ1n) is 7.59. The van der Waals surface area contributed by atoms with Crippen molar-refractivity contribution in [3.63, 3.8) is 0 Å². The Bertz CT molecular complexity index is 682. The van der Waals surface area contributed by atoms with Gasteiger partial charge in [-0.2, -0.15) is 0 Å². The van der Waals surface area contributed by atoms with E-state index in [0.717, 1.165) is 22.4 Å². The third-order valence-electron chi connectivity index (χ3n) is 3.77. The molecule has 0 heterocycles. The van der Waals surface area contributed by atoms with Gasteiger partial charge < -0.3 is 14.8 Å². The molecular weight excluding hydrogens is 290 g/mol. The summed E-state index contributed by atoms with van der Waals surface area (Å²) < 4.78 is 11.3. The summed E-state index contributed by atoms with van der Waals surface area (Å²) in [4.78, 5) is 12.0. The molecule has 0 spiro atoms. The normalized spacial score (nSPS) is 11.8. The zero-order valence-electron chi connectivity index (χ0n) is 14.1. The number of ether oxygens (including phenoxy) is 2. The smallest absolute Gasteiger partial charge is 0.253 e. The zero-order valence-corrected chi connectivity index (χ0v) is 14.1. The number of likely N-dealkylation sites (N-methyl/N-ethyl adjacent to an activating group) is 1. The van der Waals surface area contributed by atoms with Crippen molar-refractivity contribution in [3.05, 3.63) is 64.7 Å². The standard InChI is InChI=1S/C19H23NO3/c1-13-9-10-17(14(2)11-13)23-12-15-7-5-6-8-16(15)18(22-4)19(21)20-3/h5-11,18H,12H2,1-4H3,(H,20,21). The quantitative estimate of drug-likeness (QED) is 0.890. The SMILES string of the molecule is CNC(=O)C(OC)c1ccccc1COc1ccc(C)cc1C. The van der Waals surface area contributed by atoms with Crippen LogP contribution in [-0.2, 0) is 16.1 Å². The number of hydrogen-bond acceptors (Lipinski definition) is 3. The molecule has 0 fully saturated rings. The monoisotopic (exact) mass is 313 g/mol. The van der Waals surface area contributed by atoms with Crippen LogP contribution in [0.25, 0.3) is 0 Å². The van der Waals surface area contributed by atoms with Gasteiger partial charge in [0.1, 0.15) is 12.4 Å². The van der Waals surface area contributed by atoms with E-state index in [2.05, 4.69) is 18.3 Å². The van der Waals surface area contributed by atoms with Crippen molar-refractivity contribution in [3.8, 4) is 5.75 Å². The van der Waals surface area contributed by atoms with E-state index in [-0.39, 0.29) is 5.91 Å². The summed E-state index contributed by atoms with van der Waals surface area (Å²) >= 11 is 0. The van der Waals surface area contributed by atoms with Gasteiger partial charge in [-0.05, 0) is 36.6 Å². The van der Waals surface area contributed by atoms with Gasteiger partial charge in [0.25, 0.3) is 5.91 Å². The molecule has 23 heavy (non-hydrogen) atoms. The molecule has 0 radical (unpaired) electrons. The van der Waals surface area contributed by atoms with Crippen LogP contribution in [0.4, 0.5) is 0 Å². The van der Waals surface area contributed by atoms with E-state index in [1.165, 1.54) is 12.7 Å². The van der Waals surface area contributed by atoms with Crippen molar-refractivity contribution < 1.29 is 14.3 Å². The van der Waals surface area contributed by atoms with Crippen molar-refractivity contribution in [1.29, 1.82) is 0 Å². The number of carbonyl (C=O) groups is 1. The number of benzene rings is 2. The van der Waals surface area contributed by atoms with Crippen LogP contribution in [0.15, 0.2) is 42.5 Å². The van der Waals surface area contributed by atoms with Gasteiger partial charge in [-0.3, -0.25) is 4.79 Å². The number of hydrogen-bond donors (Lipinski definition) is 1. The third kappa shape index (κ3) is 4.11. The second kappa shape index (κ2) is 7.79. The van der Waals surface area contributed by atoms with Crippen LogP contribution in [0.5, 0.6) is 5.75 Å². The second-order valence-electron chi connectivity index (χ2n) is 5.49. The molecule has 2 rings (SSSR count). The average molecular weight is 313 g/mol. The molecule has 0 aliphatic carbocycles. The molecule has 0 aliphatic rings. The summed E-state index contributed by atoms with van der Waals surface area (Å²) in [6, 6.07) is 13.8. The van der Waals surface area contributed by atoms with E-state index in [0.29, 0.717) is 6.61 Å². The van der Waals surface area contributed by atoms with Crippen LogP contribution < -0.4 is 10.1 Å². The van der Waals surface area contributed by atoms with Crippen LogP contribution in [-0.4, -0.2) is 20.1 Å². The summed E-state index contributed by atoms with van der Waals surface area (Å²) in [5, 5.41) is 2.63. The maximum Gasteiger partial charge on any atom is 0.253 e. The lowest BCUT2D eigenvalue weighted by Crippen LogP contribution is -2.27. The zero-order chi connectivity index (χ0) is 16.8. The lowest BCUT2D eigenvalue weighted by Gasteiger charge is -2.18. The van der Waals surface area contributed by atoms with E-state index in [1.54, 1.807) is 7.05 Å². The lowest BCUT2D eigenvalue weighted by atomic mass is 10.0. The van der Waals surface area contributed by atoms with Gasteiger partial charge in [0, 0.05) is 14.2 Å². The number of rotatable bonds is 6. The van der Waals surface area contributed by atoms with Crippen LogP contribution in [0.1, 0.15) is 28.4 Å². The first kappa shape index (κ1) is 17.0. The highest BCUT2D eigenvalue weighted by atomic mass is 16.5. The van der Waals surface area contributed by atoms with Gasteiger partial charge in [0.2, 0.25) is 0 Å². The molecule has 0 bridgehead atoms. The Morgan fingerprint density at radius 1 is 1.17 bits per heavy atom. The molecular formula is C19H23NO3. The molecule has 122 valence electrons. The van der Waals surface area contributed by atoms with Crippen LogP contribution in [0, 0.1) is 13.8 Å². The number of nitrogens with one attached hydrogen (secondary N) is 1. The van der Waals surface area contributed by atoms with Gasteiger partial charge in [0.15, 0.2) is 6.10 Å². The fraction of sp³-hybridized carbons (Fsp3) is 0.316. The Morgan fingerprint density at radius 3 is 2.57 bits per heavy atom. The first-order chi connectivity index (χ1) is 11.1. The van der Waals surface area contributed by atoms with E-state index in [4.69, 9.17) is 9.47 Å². The molecule has 0 saturated carbocycles. The summed E-state index contributed by atoms with van der Waals surface area (Å²) in [5.74, 6) is 0.672.